The number of hydrogen-bond acceptors (Lipinski definition) is 4. The predicted molar refractivity (Wildman–Crippen MR) is 108 cm³/mol. The second-order valence-corrected chi connectivity index (χ2v) is 8.01. The highest BCUT2D eigenvalue weighted by Crippen LogP contribution is 2.33. The molecule has 0 radical (unpaired) electrons. The zero-order chi connectivity index (χ0) is 18.1. The lowest BCUT2D eigenvalue weighted by atomic mass is 10.1. The molecule has 2 aliphatic rings. The van der Waals surface area contributed by atoms with Gasteiger partial charge in [-0.05, 0) is 61.4 Å². The second kappa shape index (κ2) is 7.51. The SMILES string of the molecule is O=C1N=C(N2CCCCC2)S/C1=C/c1ccc(-c2ccc(Cl)c(Cl)c2)o1. The minimum absolute atomic E-state index is 0.205. The van der Waals surface area contributed by atoms with Crippen molar-refractivity contribution in [3.05, 3.63) is 51.0 Å². The Morgan fingerprint density at radius 3 is 2.65 bits per heavy atom. The van der Waals surface area contributed by atoms with Gasteiger partial charge >= 0.3 is 0 Å². The number of carbonyl (C=O) groups excluding carboxylic acids is 1. The lowest BCUT2D eigenvalue weighted by molar-refractivity contribution is -0.113. The minimum Gasteiger partial charge on any atom is -0.457 e. The van der Waals surface area contributed by atoms with Crippen molar-refractivity contribution in [1.82, 2.24) is 4.90 Å². The third kappa shape index (κ3) is 3.70. The fraction of sp³-hybridized carbons (Fsp3) is 0.263. The Morgan fingerprint density at radius 2 is 1.88 bits per heavy atom. The van der Waals surface area contributed by atoms with Gasteiger partial charge in [0, 0.05) is 24.7 Å². The van der Waals surface area contributed by atoms with E-state index in [2.05, 4.69) is 9.89 Å². The number of amidine groups is 1. The molecule has 1 amide bonds. The molecule has 134 valence electrons. The summed E-state index contributed by atoms with van der Waals surface area (Å²) in [7, 11) is 0. The van der Waals surface area contributed by atoms with Gasteiger partial charge in [0.25, 0.3) is 5.91 Å². The van der Waals surface area contributed by atoms with E-state index in [-0.39, 0.29) is 5.91 Å². The summed E-state index contributed by atoms with van der Waals surface area (Å²) >= 11 is 13.4. The van der Waals surface area contributed by atoms with Gasteiger partial charge in [-0.3, -0.25) is 4.79 Å². The lowest BCUT2D eigenvalue weighted by Gasteiger charge is -2.27. The standard InChI is InChI=1S/C19H16Cl2N2O2S/c20-14-6-4-12(10-15(14)21)16-7-5-13(25-16)11-17-18(24)22-19(26-17)23-8-2-1-3-9-23/h4-7,10-11H,1-3,8-9H2/b17-11+. The first-order valence-corrected chi connectivity index (χ1v) is 10.0. The van der Waals surface area contributed by atoms with Crippen LogP contribution in [0.4, 0.5) is 0 Å². The van der Waals surface area contributed by atoms with Gasteiger partial charge in [-0.1, -0.05) is 23.2 Å². The first-order chi connectivity index (χ1) is 12.6. The van der Waals surface area contributed by atoms with Crippen LogP contribution in [0.25, 0.3) is 17.4 Å². The van der Waals surface area contributed by atoms with Gasteiger partial charge in [0.05, 0.1) is 15.0 Å². The van der Waals surface area contributed by atoms with Gasteiger partial charge in [0.2, 0.25) is 0 Å². The van der Waals surface area contributed by atoms with Crippen molar-refractivity contribution >= 4 is 52.1 Å². The minimum atomic E-state index is -0.205. The second-order valence-electron chi connectivity index (χ2n) is 6.19. The summed E-state index contributed by atoms with van der Waals surface area (Å²) in [6.45, 7) is 1.93. The van der Waals surface area contributed by atoms with Crippen LogP contribution < -0.4 is 0 Å². The molecular weight excluding hydrogens is 391 g/mol. The van der Waals surface area contributed by atoms with Gasteiger partial charge in [0.15, 0.2) is 5.17 Å². The molecule has 3 heterocycles. The van der Waals surface area contributed by atoms with Crippen molar-refractivity contribution in [2.45, 2.75) is 19.3 Å². The molecule has 0 spiro atoms. The zero-order valence-corrected chi connectivity index (χ0v) is 16.2. The van der Waals surface area contributed by atoms with E-state index in [0.29, 0.717) is 26.5 Å². The van der Waals surface area contributed by atoms with Gasteiger partial charge in [-0.15, -0.1) is 0 Å². The van der Waals surface area contributed by atoms with Crippen molar-refractivity contribution in [2.75, 3.05) is 13.1 Å². The van der Waals surface area contributed by atoms with Crippen LogP contribution in [0.15, 0.2) is 44.6 Å². The average Bonchev–Trinajstić information content (AvgIpc) is 3.26. The summed E-state index contributed by atoms with van der Waals surface area (Å²) in [4.78, 5) is 19.2. The summed E-state index contributed by atoms with van der Waals surface area (Å²) in [6.07, 6.45) is 5.29. The number of rotatable bonds is 2. The molecule has 1 aromatic heterocycles. The smallest absolute Gasteiger partial charge is 0.286 e. The van der Waals surface area contributed by atoms with Crippen LogP contribution in [0.1, 0.15) is 25.0 Å². The number of amides is 1. The molecule has 7 heteroatoms. The van der Waals surface area contributed by atoms with E-state index >= 15 is 0 Å². The molecular formula is C19H16Cl2N2O2S. The molecule has 0 unspecified atom stereocenters. The monoisotopic (exact) mass is 406 g/mol. The van der Waals surface area contributed by atoms with Crippen LogP contribution >= 0.6 is 35.0 Å². The average molecular weight is 407 g/mol. The number of thioether (sulfide) groups is 1. The van der Waals surface area contributed by atoms with Crippen molar-refractivity contribution in [3.63, 3.8) is 0 Å². The van der Waals surface area contributed by atoms with Crippen LogP contribution in [0, 0.1) is 0 Å². The van der Waals surface area contributed by atoms with Gasteiger partial charge < -0.3 is 9.32 Å². The Hall–Kier alpha value is -1.69. The van der Waals surface area contributed by atoms with E-state index in [1.165, 1.54) is 18.2 Å². The quantitative estimate of drug-likeness (QED) is 0.599. The van der Waals surface area contributed by atoms with Crippen molar-refractivity contribution < 1.29 is 9.21 Å². The highest BCUT2D eigenvalue weighted by Gasteiger charge is 2.27. The summed E-state index contributed by atoms with van der Waals surface area (Å²) in [5, 5.41) is 1.78. The van der Waals surface area contributed by atoms with E-state index in [1.54, 1.807) is 18.2 Å². The third-order valence-electron chi connectivity index (χ3n) is 4.34. The van der Waals surface area contributed by atoms with Crippen LogP contribution in [0.2, 0.25) is 10.0 Å². The van der Waals surface area contributed by atoms with Crippen LogP contribution in [0.5, 0.6) is 0 Å². The van der Waals surface area contributed by atoms with E-state index in [4.69, 9.17) is 27.6 Å². The lowest BCUT2D eigenvalue weighted by Crippen LogP contribution is -2.33. The predicted octanol–water partition coefficient (Wildman–Crippen LogP) is 5.71. The largest absolute Gasteiger partial charge is 0.457 e. The molecule has 0 bridgehead atoms. The first-order valence-electron chi connectivity index (χ1n) is 8.43. The fourth-order valence-corrected chi connectivity index (χ4v) is 4.23. The van der Waals surface area contributed by atoms with Crippen molar-refractivity contribution in [2.24, 2.45) is 4.99 Å². The number of furan rings is 1. The van der Waals surface area contributed by atoms with Gasteiger partial charge in [-0.2, -0.15) is 4.99 Å². The zero-order valence-electron chi connectivity index (χ0n) is 13.9. The summed E-state index contributed by atoms with van der Waals surface area (Å²) < 4.78 is 5.85. The first kappa shape index (κ1) is 17.7. The van der Waals surface area contributed by atoms with Crippen molar-refractivity contribution in [3.8, 4) is 11.3 Å². The Morgan fingerprint density at radius 1 is 1.08 bits per heavy atom. The number of halogens is 2. The highest BCUT2D eigenvalue weighted by molar-refractivity contribution is 8.18. The number of hydrogen-bond donors (Lipinski definition) is 0. The van der Waals surface area contributed by atoms with E-state index in [1.807, 2.05) is 18.2 Å². The maximum absolute atomic E-state index is 12.2. The number of carbonyl (C=O) groups is 1. The number of aliphatic imine (C=N–C) groups is 1. The molecule has 0 N–H and O–H groups in total. The highest BCUT2D eigenvalue weighted by atomic mass is 35.5. The Balaban J connectivity index is 1.51. The number of piperidine rings is 1. The third-order valence-corrected chi connectivity index (χ3v) is 6.12. The summed E-state index contributed by atoms with van der Waals surface area (Å²) in [5.41, 5.74) is 0.833. The summed E-state index contributed by atoms with van der Waals surface area (Å²) in [6, 6.07) is 9.01. The van der Waals surface area contributed by atoms with E-state index in [9.17, 15) is 4.79 Å². The van der Waals surface area contributed by atoms with Crippen LogP contribution in [0.3, 0.4) is 0 Å². The molecule has 26 heavy (non-hydrogen) atoms. The maximum Gasteiger partial charge on any atom is 0.286 e. The number of nitrogens with zero attached hydrogens (tertiary/aromatic N) is 2. The van der Waals surface area contributed by atoms with E-state index < -0.39 is 0 Å². The molecule has 1 saturated heterocycles. The number of benzene rings is 1. The molecule has 4 nitrogen and oxygen atoms in total. The fourth-order valence-electron chi connectivity index (χ4n) is 2.98. The van der Waals surface area contributed by atoms with Crippen LogP contribution in [-0.4, -0.2) is 29.1 Å². The Kier molecular flexibility index (Phi) is 5.11. The van der Waals surface area contributed by atoms with Crippen molar-refractivity contribution in [1.29, 1.82) is 0 Å². The topological polar surface area (TPSA) is 45.8 Å². The van der Waals surface area contributed by atoms with Crippen LogP contribution in [-0.2, 0) is 4.79 Å². The van der Waals surface area contributed by atoms with E-state index in [0.717, 1.165) is 36.7 Å². The maximum atomic E-state index is 12.2. The molecule has 2 aliphatic heterocycles. The molecule has 4 rings (SSSR count). The van der Waals surface area contributed by atoms with Gasteiger partial charge in [-0.25, -0.2) is 0 Å². The normalized spacial score (nSPS) is 19.3. The molecule has 0 atom stereocenters. The molecule has 0 aliphatic carbocycles. The molecule has 0 saturated carbocycles. The molecule has 1 fully saturated rings. The molecule has 1 aromatic carbocycles. The molecule has 2 aromatic rings. The number of likely N-dealkylation sites (tertiary alicyclic amines) is 1. The Bertz CT molecular complexity index is 914. The summed E-state index contributed by atoms with van der Waals surface area (Å²) in [5.74, 6) is 1.07. The van der Waals surface area contributed by atoms with Gasteiger partial charge in [0.1, 0.15) is 11.5 Å². The Labute approximate surface area is 165 Å².